The molecule has 0 fully saturated rings. The number of aryl methyl sites for hydroxylation is 1. The molecule has 2 aromatic carbocycles. The normalized spacial score (nSPS) is 10.9. The summed E-state index contributed by atoms with van der Waals surface area (Å²) < 4.78 is 28.9. The number of benzene rings is 2. The number of anilines is 1. The molecule has 1 N–H and O–H groups in total. The van der Waals surface area contributed by atoms with Crippen molar-refractivity contribution in [1.29, 1.82) is 0 Å². The summed E-state index contributed by atoms with van der Waals surface area (Å²) >= 11 is 0. The fourth-order valence-electron chi connectivity index (χ4n) is 2.92. The van der Waals surface area contributed by atoms with E-state index in [-0.39, 0.29) is 4.90 Å². The highest BCUT2D eigenvalue weighted by molar-refractivity contribution is 7.93. The second-order valence-corrected chi connectivity index (χ2v) is 8.13. The number of hydrogen-bond donors (Lipinski definition) is 1. The number of fused-ring (bicyclic) bond motifs is 1. The molecule has 6 heteroatoms. The molecule has 2 aromatic heterocycles. The van der Waals surface area contributed by atoms with E-state index in [9.17, 15) is 8.42 Å². The zero-order chi connectivity index (χ0) is 20.3. The number of nitrogens with one attached hydrogen (secondary N) is 1. The summed E-state index contributed by atoms with van der Waals surface area (Å²) in [6, 6.07) is 17.7. The van der Waals surface area contributed by atoms with Crippen LogP contribution in [0.1, 0.15) is 16.7 Å². The van der Waals surface area contributed by atoms with Crippen LogP contribution >= 0.6 is 0 Å². The van der Waals surface area contributed by atoms with Gasteiger partial charge in [-0.3, -0.25) is 14.7 Å². The number of hydrogen-bond acceptors (Lipinski definition) is 4. The number of aromatic nitrogens is 2. The van der Waals surface area contributed by atoms with Crippen LogP contribution in [-0.2, 0) is 10.0 Å². The minimum absolute atomic E-state index is 0.130. The average Bonchev–Trinajstić information content (AvgIpc) is 2.73. The van der Waals surface area contributed by atoms with Crippen molar-refractivity contribution in [3.8, 4) is 11.8 Å². The highest BCUT2D eigenvalue weighted by atomic mass is 32.2. The smallest absolute Gasteiger partial charge is 0.264 e. The lowest BCUT2D eigenvalue weighted by molar-refractivity contribution is 0.602. The Morgan fingerprint density at radius 3 is 2.62 bits per heavy atom. The molecule has 0 bridgehead atoms. The molecular formula is C23H17N3O2S. The Balaban J connectivity index is 1.73. The zero-order valence-electron chi connectivity index (χ0n) is 15.6. The van der Waals surface area contributed by atoms with Crippen LogP contribution in [0.3, 0.4) is 0 Å². The third-order valence-electron chi connectivity index (χ3n) is 4.27. The van der Waals surface area contributed by atoms with Crippen molar-refractivity contribution < 1.29 is 8.42 Å². The summed E-state index contributed by atoms with van der Waals surface area (Å²) in [6.07, 6.45) is 4.99. The standard InChI is InChI=1S/C23H17N3O2S/c1-17-14-20-8-4-10-22(23(20)25-15-17)29(27,28)26-21-9-3-2-7-19(21)12-11-18-6-5-13-24-16-18/h2-10,13-16,26H,1H3. The number of sulfonamides is 1. The summed E-state index contributed by atoms with van der Waals surface area (Å²) in [4.78, 5) is 8.50. The van der Waals surface area contributed by atoms with Gasteiger partial charge in [0.25, 0.3) is 10.0 Å². The highest BCUT2D eigenvalue weighted by Crippen LogP contribution is 2.25. The number of para-hydroxylation sites is 2. The zero-order valence-corrected chi connectivity index (χ0v) is 16.4. The number of nitrogens with zero attached hydrogens (tertiary/aromatic N) is 2. The molecule has 0 aliphatic rings. The van der Waals surface area contributed by atoms with Crippen molar-refractivity contribution in [3.05, 3.63) is 95.9 Å². The Morgan fingerprint density at radius 1 is 0.931 bits per heavy atom. The van der Waals surface area contributed by atoms with Crippen molar-refractivity contribution in [2.75, 3.05) is 4.72 Å². The van der Waals surface area contributed by atoms with Gasteiger partial charge in [-0.1, -0.05) is 36.1 Å². The van der Waals surface area contributed by atoms with Gasteiger partial charge in [-0.05, 0) is 48.9 Å². The first-order valence-electron chi connectivity index (χ1n) is 8.92. The molecule has 0 saturated carbocycles. The van der Waals surface area contributed by atoms with Crippen molar-refractivity contribution in [1.82, 2.24) is 9.97 Å². The molecule has 5 nitrogen and oxygen atoms in total. The van der Waals surface area contributed by atoms with Gasteiger partial charge >= 0.3 is 0 Å². The van der Waals surface area contributed by atoms with Gasteiger partial charge in [-0.15, -0.1) is 0 Å². The summed E-state index contributed by atoms with van der Waals surface area (Å²) in [5.41, 5.74) is 3.14. The third-order valence-corrected chi connectivity index (χ3v) is 5.67. The van der Waals surface area contributed by atoms with Crippen molar-refractivity contribution in [3.63, 3.8) is 0 Å². The van der Waals surface area contributed by atoms with E-state index in [0.717, 1.165) is 16.5 Å². The molecule has 0 atom stereocenters. The van der Waals surface area contributed by atoms with Crippen LogP contribution in [0.5, 0.6) is 0 Å². The summed E-state index contributed by atoms with van der Waals surface area (Å²) in [5, 5.41) is 0.775. The van der Waals surface area contributed by atoms with Gasteiger partial charge in [0.2, 0.25) is 0 Å². The molecular weight excluding hydrogens is 382 g/mol. The van der Waals surface area contributed by atoms with Gasteiger partial charge in [0.05, 0.1) is 11.2 Å². The lowest BCUT2D eigenvalue weighted by Crippen LogP contribution is -2.14. The minimum atomic E-state index is -3.85. The maximum Gasteiger partial charge on any atom is 0.264 e. The van der Waals surface area contributed by atoms with Crippen LogP contribution in [-0.4, -0.2) is 18.4 Å². The van der Waals surface area contributed by atoms with Gasteiger partial charge < -0.3 is 0 Å². The second-order valence-electron chi connectivity index (χ2n) is 6.48. The molecule has 0 radical (unpaired) electrons. The van der Waals surface area contributed by atoms with Crippen LogP contribution in [0.4, 0.5) is 5.69 Å². The molecule has 0 amide bonds. The number of rotatable bonds is 3. The molecule has 4 aromatic rings. The Hall–Kier alpha value is -3.69. The summed E-state index contributed by atoms with van der Waals surface area (Å²) in [6.45, 7) is 1.92. The van der Waals surface area contributed by atoms with Gasteiger partial charge in [-0.2, -0.15) is 0 Å². The van der Waals surface area contributed by atoms with Gasteiger partial charge in [0, 0.05) is 35.1 Å². The summed E-state index contributed by atoms with van der Waals surface area (Å²) in [7, 11) is -3.85. The van der Waals surface area contributed by atoms with E-state index in [4.69, 9.17) is 0 Å². The van der Waals surface area contributed by atoms with Crippen LogP contribution in [0.2, 0.25) is 0 Å². The minimum Gasteiger partial charge on any atom is -0.278 e. The van der Waals surface area contributed by atoms with E-state index in [2.05, 4.69) is 26.5 Å². The largest absolute Gasteiger partial charge is 0.278 e. The quantitative estimate of drug-likeness (QED) is 0.526. The van der Waals surface area contributed by atoms with E-state index in [1.165, 1.54) is 0 Å². The molecule has 142 valence electrons. The SMILES string of the molecule is Cc1cnc2c(S(=O)(=O)Nc3ccccc3C#Cc3cccnc3)cccc2c1. The van der Waals surface area contributed by atoms with Crippen LogP contribution < -0.4 is 4.72 Å². The first kappa shape index (κ1) is 18.7. The lowest BCUT2D eigenvalue weighted by Gasteiger charge is -2.11. The third kappa shape index (κ3) is 4.10. The van der Waals surface area contributed by atoms with E-state index in [1.54, 1.807) is 55.0 Å². The highest BCUT2D eigenvalue weighted by Gasteiger charge is 2.19. The van der Waals surface area contributed by atoms with Gasteiger partial charge in [0.15, 0.2) is 0 Å². The predicted octanol–water partition coefficient (Wildman–Crippen LogP) is 4.14. The van der Waals surface area contributed by atoms with Gasteiger partial charge in [0.1, 0.15) is 4.90 Å². The van der Waals surface area contributed by atoms with Crippen molar-refractivity contribution in [2.45, 2.75) is 11.8 Å². The topological polar surface area (TPSA) is 72.0 Å². The molecule has 0 saturated heterocycles. The Labute approximate surface area is 169 Å². The predicted molar refractivity (Wildman–Crippen MR) is 114 cm³/mol. The van der Waals surface area contributed by atoms with Crippen LogP contribution in [0, 0.1) is 18.8 Å². The Morgan fingerprint density at radius 2 is 1.79 bits per heavy atom. The van der Waals surface area contributed by atoms with Gasteiger partial charge in [-0.25, -0.2) is 8.42 Å². The van der Waals surface area contributed by atoms with Crippen molar-refractivity contribution in [2.24, 2.45) is 0 Å². The van der Waals surface area contributed by atoms with E-state index in [0.29, 0.717) is 16.8 Å². The Bertz CT molecular complexity index is 1360. The first-order valence-corrected chi connectivity index (χ1v) is 10.4. The fourth-order valence-corrected chi connectivity index (χ4v) is 4.18. The lowest BCUT2D eigenvalue weighted by atomic mass is 10.2. The molecule has 29 heavy (non-hydrogen) atoms. The van der Waals surface area contributed by atoms with Crippen molar-refractivity contribution >= 4 is 26.6 Å². The van der Waals surface area contributed by atoms with E-state index in [1.807, 2.05) is 31.2 Å². The summed E-state index contributed by atoms with van der Waals surface area (Å²) in [5.74, 6) is 6.02. The second kappa shape index (κ2) is 7.74. The molecule has 0 unspecified atom stereocenters. The monoisotopic (exact) mass is 399 g/mol. The van der Waals surface area contributed by atoms with E-state index >= 15 is 0 Å². The van der Waals surface area contributed by atoms with E-state index < -0.39 is 10.0 Å². The molecule has 0 aliphatic carbocycles. The number of pyridine rings is 2. The Kier molecular flexibility index (Phi) is 4.98. The fraction of sp³-hybridized carbons (Fsp3) is 0.0435. The molecule has 2 heterocycles. The molecule has 0 aliphatic heterocycles. The average molecular weight is 399 g/mol. The maximum absolute atomic E-state index is 13.1. The molecule has 0 spiro atoms. The maximum atomic E-state index is 13.1. The molecule has 4 rings (SSSR count). The van der Waals surface area contributed by atoms with Crippen LogP contribution in [0.25, 0.3) is 10.9 Å². The van der Waals surface area contributed by atoms with Crippen LogP contribution in [0.15, 0.2) is 84.1 Å². The first-order chi connectivity index (χ1) is 14.0.